The molecule has 80 valence electrons. The summed E-state index contributed by atoms with van der Waals surface area (Å²) in [5, 5.41) is 9.99. The Morgan fingerprint density at radius 3 is 2.69 bits per heavy atom. The number of benzene rings is 1. The number of para-hydroxylation sites is 2. The molecule has 0 spiro atoms. The Hall–Kier alpha value is -2.43. The SMILES string of the molecule is Nc1ccccc1NC(=O)c1cccnn1. The van der Waals surface area contributed by atoms with Crippen molar-refractivity contribution >= 4 is 17.3 Å². The van der Waals surface area contributed by atoms with Gasteiger partial charge < -0.3 is 11.1 Å². The van der Waals surface area contributed by atoms with Gasteiger partial charge in [-0.05, 0) is 24.3 Å². The van der Waals surface area contributed by atoms with E-state index in [1.54, 1.807) is 36.4 Å². The summed E-state index contributed by atoms with van der Waals surface area (Å²) in [6.45, 7) is 0. The van der Waals surface area contributed by atoms with Gasteiger partial charge in [-0.2, -0.15) is 5.10 Å². The first-order valence-corrected chi connectivity index (χ1v) is 4.71. The molecule has 0 fully saturated rings. The molecule has 0 unspecified atom stereocenters. The van der Waals surface area contributed by atoms with Crippen LogP contribution in [0.25, 0.3) is 0 Å². The van der Waals surface area contributed by atoms with Crippen molar-refractivity contribution in [2.75, 3.05) is 11.1 Å². The van der Waals surface area contributed by atoms with Gasteiger partial charge in [0.25, 0.3) is 5.91 Å². The zero-order valence-corrected chi connectivity index (χ0v) is 8.42. The molecule has 0 atom stereocenters. The second-order valence-corrected chi connectivity index (χ2v) is 3.15. The van der Waals surface area contributed by atoms with Crippen molar-refractivity contribution in [1.29, 1.82) is 0 Å². The molecule has 1 amide bonds. The number of hydrogen-bond donors (Lipinski definition) is 2. The minimum absolute atomic E-state index is 0.255. The van der Waals surface area contributed by atoms with Crippen LogP contribution in [0.15, 0.2) is 42.6 Å². The minimum atomic E-state index is -0.328. The molecule has 5 heteroatoms. The first-order chi connectivity index (χ1) is 7.77. The summed E-state index contributed by atoms with van der Waals surface area (Å²) in [5.74, 6) is -0.328. The highest BCUT2D eigenvalue weighted by Gasteiger charge is 2.08. The van der Waals surface area contributed by atoms with E-state index in [9.17, 15) is 4.79 Å². The third-order valence-electron chi connectivity index (χ3n) is 2.01. The number of nitrogens with zero attached hydrogens (tertiary/aromatic N) is 2. The zero-order chi connectivity index (χ0) is 11.4. The fraction of sp³-hybridized carbons (Fsp3) is 0. The maximum absolute atomic E-state index is 11.7. The molecule has 0 aliphatic carbocycles. The normalized spacial score (nSPS) is 9.75. The number of aromatic nitrogens is 2. The minimum Gasteiger partial charge on any atom is -0.397 e. The van der Waals surface area contributed by atoms with Gasteiger partial charge in [0.2, 0.25) is 0 Å². The Morgan fingerprint density at radius 2 is 2.00 bits per heavy atom. The van der Waals surface area contributed by atoms with Crippen LogP contribution in [0.1, 0.15) is 10.5 Å². The maximum Gasteiger partial charge on any atom is 0.276 e. The molecule has 1 aromatic carbocycles. The maximum atomic E-state index is 11.7. The van der Waals surface area contributed by atoms with Gasteiger partial charge in [0.15, 0.2) is 5.69 Å². The van der Waals surface area contributed by atoms with E-state index in [0.717, 1.165) is 0 Å². The third kappa shape index (κ3) is 2.14. The van der Waals surface area contributed by atoms with E-state index in [1.807, 2.05) is 0 Å². The molecule has 1 aromatic heterocycles. The fourth-order valence-electron chi connectivity index (χ4n) is 1.22. The molecule has 2 aromatic rings. The molecular weight excluding hydrogens is 204 g/mol. The third-order valence-corrected chi connectivity index (χ3v) is 2.01. The quantitative estimate of drug-likeness (QED) is 0.738. The highest BCUT2D eigenvalue weighted by molar-refractivity contribution is 6.04. The van der Waals surface area contributed by atoms with E-state index >= 15 is 0 Å². The first kappa shape index (κ1) is 10.1. The molecule has 1 heterocycles. The van der Waals surface area contributed by atoms with Crippen molar-refractivity contribution in [1.82, 2.24) is 10.2 Å². The van der Waals surface area contributed by atoms with Crippen LogP contribution < -0.4 is 11.1 Å². The largest absolute Gasteiger partial charge is 0.397 e. The average Bonchev–Trinajstić information content (AvgIpc) is 2.33. The number of nitrogen functional groups attached to an aromatic ring is 1. The number of anilines is 2. The number of nitrogens with two attached hydrogens (primary N) is 1. The van der Waals surface area contributed by atoms with E-state index in [0.29, 0.717) is 11.4 Å². The number of nitrogens with one attached hydrogen (secondary N) is 1. The summed E-state index contributed by atoms with van der Waals surface area (Å²) < 4.78 is 0. The Labute approximate surface area is 92.3 Å². The van der Waals surface area contributed by atoms with E-state index in [2.05, 4.69) is 15.5 Å². The molecular formula is C11H10N4O. The number of amides is 1. The van der Waals surface area contributed by atoms with Crippen LogP contribution in [0.4, 0.5) is 11.4 Å². The van der Waals surface area contributed by atoms with E-state index < -0.39 is 0 Å². The number of carbonyl (C=O) groups excluding carboxylic acids is 1. The van der Waals surface area contributed by atoms with Gasteiger partial charge in [-0.1, -0.05) is 12.1 Å². The molecule has 0 saturated heterocycles. The van der Waals surface area contributed by atoms with E-state index in [4.69, 9.17) is 5.73 Å². The van der Waals surface area contributed by atoms with Crippen LogP contribution >= 0.6 is 0 Å². The van der Waals surface area contributed by atoms with E-state index in [1.165, 1.54) is 6.20 Å². The van der Waals surface area contributed by atoms with Crippen molar-refractivity contribution in [3.05, 3.63) is 48.3 Å². The summed E-state index contributed by atoms with van der Waals surface area (Å²) in [6, 6.07) is 10.3. The summed E-state index contributed by atoms with van der Waals surface area (Å²) in [6.07, 6.45) is 1.51. The molecule has 0 bridgehead atoms. The predicted octanol–water partition coefficient (Wildman–Crippen LogP) is 1.31. The first-order valence-electron chi connectivity index (χ1n) is 4.71. The van der Waals surface area contributed by atoms with Crippen molar-refractivity contribution in [2.45, 2.75) is 0 Å². The lowest BCUT2D eigenvalue weighted by molar-refractivity contribution is 0.102. The lowest BCUT2D eigenvalue weighted by Crippen LogP contribution is -2.14. The Kier molecular flexibility index (Phi) is 2.77. The number of rotatable bonds is 2. The Morgan fingerprint density at radius 1 is 1.19 bits per heavy atom. The van der Waals surface area contributed by atoms with Crippen LogP contribution in [0.3, 0.4) is 0 Å². The summed E-state index contributed by atoms with van der Waals surface area (Å²) in [4.78, 5) is 11.7. The zero-order valence-electron chi connectivity index (χ0n) is 8.42. The second kappa shape index (κ2) is 4.39. The second-order valence-electron chi connectivity index (χ2n) is 3.15. The lowest BCUT2D eigenvalue weighted by Gasteiger charge is -2.06. The van der Waals surface area contributed by atoms with Gasteiger partial charge >= 0.3 is 0 Å². The highest BCUT2D eigenvalue weighted by Crippen LogP contribution is 2.17. The van der Waals surface area contributed by atoms with Crippen LogP contribution in [-0.2, 0) is 0 Å². The Bertz CT molecular complexity index is 498. The summed E-state index contributed by atoms with van der Waals surface area (Å²) in [7, 11) is 0. The average molecular weight is 214 g/mol. The molecule has 0 aliphatic rings. The van der Waals surface area contributed by atoms with Gasteiger partial charge in [-0.25, -0.2) is 0 Å². The van der Waals surface area contributed by atoms with Crippen LogP contribution in [0.2, 0.25) is 0 Å². The van der Waals surface area contributed by atoms with Gasteiger partial charge in [-0.3, -0.25) is 4.79 Å². The highest BCUT2D eigenvalue weighted by atomic mass is 16.1. The smallest absolute Gasteiger partial charge is 0.276 e. The number of carbonyl (C=O) groups is 1. The summed E-state index contributed by atoms with van der Waals surface area (Å²) in [5.41, 5.74) is 7.03. The molecule has 0 radical (unpaired) electrons. The Balaban J connectivity index is 2.18. The lowest BCUT2D eigenvalue weighted by atomic mass is 10.2. The van der Waals surface area contributed by atoms with Crippen LogP contribution in [-0.4, -0.2) is 16.1 Å². The van der Waals surface area contributed by atoms with Crippen molar-refractivity contribution in [3.8, 4) is 0 Å². The van der Waals surface area contributed by atoms with E-state index in [-0.39, 0.29) is 11.6 Å². The fourth-order valence-corrected chi connectivity index (χ4v) is 1.22. The topological polar surface area (TPSA) is 80.9 Å². The van der Waals surface area contributed by atoms with Gasteiger partial charge in [-0.15, -0.1) is 5.10 Å². The van der Waals surface area contributed by atoms with Gasteiger partial charge in [0, 0.05) is 6.20 Å². The molecule has 0 aliphatic heterocycles. The standard InChI is InChI=1S/C11H10N4O/c12-8-4-1-2-5-9(8)14-11(16)10-6-3-7-13-15-10/h1-7H,12H2,(H,14,16). The van der Waals surface area contributed by atoms with Gasteiger partial charge in [0.05, 0.1) is 11.4 Å². The molecule has 2 rings (SSSR count). The molecule has 0 saturated carbocycles. The number of hydrogen-bond acceptors (Lipinski definition) is 4. The summed E-state index contributed by atoms with van der Waals surface area (Å²) >= 11 is 0. The molecule has 3 N–H and O–H groups in total. The van der Waals surface area contributed by atoms with Crippen molar-refractivity contribution < 1.29 is 4.79 Å². The monoisotopic (exact) mass is 214 g/mol. The molecule has 16 heavy (non-hydrogen) atoms. The van der Waals surface area contributed by atoms with Crippen molar-refractivity contribution in [2.24, 2.45) is 0 Å². The molecule has 5 nitrogen and oxygen atoms in total. The van der Waals surface area contributed by atoms with Crippen molar-refractivity contribution in [3.63, 3.8) is 0 Å². The van der Waals surface area contributed by atoms with Crippen LogP contribution in [0, 0.1) is 0 Å². The van der Waals surface area contributed by atoms with Crippen LogP contribution in [0.5, 0.6) is 0 Å². The van der Waals surface area contributed by atoms with Gasteiger partial charge in [0.1, 0.15) is 0 Å². The predicted molar refractivity (Wildman–Crippen MR) is 60.8 cm³/mol.